The van der Waals surface area contributed by atoms with E-state index in [9.17, 15) is 14.3 Å². The number of carbonyl (C=O) groups excluding carboxylic acids is 1. The van der Waals surface area contributed by atoms with Gasteiger partial charge in [0.15, 0.2) is 0 Å². The molecule has 2 unspecified atom stereocenters. The molecule has 1 fully saturated rings. The predicted octanol–water partition coefficient (Wildman–Crippen LogP) is 1.18. The predicted molar refractivity (Wildman–Crippen MR) is 70.0 cm³/mol. The molecule has 5 heteroatoms. The zero-order valence-electron chi connectivity index (χ0n) is 10.7. The van der Waals surface area contributed by atoms with Crippen LogP contribution in [0.3, 0.4) is 0 Å². The SMILES string of the molecule is NC(=O)c1ccc(CNCC2CCC(O)C2)c(F)c1. The molecule has 1 amide bonds. The number of halogens is 1. The maximum atomic E-state index is 13.7. The summed E-state index contributed by atoms with van der Waals surface area (Å²) in [4.78, 5) is 10.9. The average molecular weight is 266 g/mol. The third-order valence-corrected chi connectivity index (χ3v) is 3.60. The lowest BCUT2D eigenvalue weighted by Crippen LogP contribution is -2.22. The van der Waals surface area contributed by atoms with Gasteiger partial charge in [-0.1, -0.05) is 6.07 Å². The zero-order chi connectivity index (χ0) is 13.8. The van der Waals surface area contributed by atoms with E-state index in [1.807, 2.05) is 0 Å². The Bertz CT molecular complexity index is 465. The number of aliphatic hydroxyl groups is 1. The van der Waals surface area contributed by atoms with Gasteiger partial charge in [0.2, 0.25) is 5.91 Å². The quantitative estimate of drug-likeness (QED) is 0.749. The zero-order valence-corrected chi connectivity index (χ0v) is 10.7. The van der Waals surface area contributed by atoms with E-state index in [1.165, 1.54) is 12.1 Å². The van der Waals surface area contributed by atoms with E-state index in [4.69, 9.17) is 5.73 Å². The molecule has 2 rings (SSSR count). The van der Waals surface area contributed by atoms with Crippen molar-refractivity contribution >= 4 is 5.91 Å². The summed E-state index contributed by atoms with van der Waals surface area (Å²) < 4.78 is 13.7. The number of primary amides is 1. The summed E-state index contributed by atoms with van der Waals surface area (Å²) >= 11 is 0. The second-order valence-electron chi connectivity index (χ2n) is 5.13. The van der Waals surface area contributed by atoms with Crippen molar-refractivity contribution in [2.45, 2.75) is 31.9 Å². The largest absolute Gasteiger partial charge is 0.393 e. The van der Waals surface area contributed by atoms with Gasteiger partial charge >= 0.3 is 0 Å². The summed E-state index contributed by atoms with van der Waals surface area (Å²) in [6.07, 6.45) is 2.50. The molecule has 0 spiro atoms. The third-order valence-electron chi connectivity index (χ3n) is 3.60. The van der Waals surface area contributed by atoms with Crippen LogP contribution in [0.5, 0.6) is 0 Å². The van der Waals surface area contributed by atoms with Crippen LogP contribution in [0, 0.1) is 11.7 Å². The van der Waals surface area contributed by atoms with E-state index in [-0.39, 0.29) is 11.7 Å². The van der Waals surface area contributed by atoms with Crippen molar-refractivity contribution in [2.75, 3.05) is 6.54 Å². The number of hydrogen-bond acceptors (Lipinski definition) is 3. The van der Waals surface area contributed by atoms with E-state index in [2.05, 4.69) is 5.32 Å². The standard InChI is InChI=1S/C14H19FN2O2/c15-13-6-10(14(16)19)2-3-11(13)8-17-7-9-1-4-12(18)5-9/h2-3,6,9,12,17-18H,1,4-5,7-8H2,(H2,16,19). The van der Waals surface area contributed by atoms with Crippen molar-refractivity contribution in [1.29, 1.82) is 0 Å². The van der Waals surface area contributed by atoms with Crippen LogP contribution in [0.1, 0.15) is 35.2 Å². The molecular weight excluding hydrogens is 247 g/mol. The first-order chi connectivity index (χ1) is 9.06. The lowest BCUT2D eigenvalue weighted by Gasteiger charge is -2.11. The molecule has 104 valence electrons. The van der Waals surface area contributed by atoms with Gasteiger partial charge in [-0.25, -0.2) is 4.39 Å². The van der Waals surface area contributed by atoms with Crippen molar-refractivity contribution in [3.05, 3.63) is 35.1 Å². The molecule has 1 aromatic carbocycles. The Hall–Kier alpha value is -1.46. The Kier molecular flexibility index (Phi) is 4.50. The van der Waals surface area contributed by atoms with Gasteiger partial charge in [0.05, 0.1) is 6.10 Å². The lowest BCUT2D eigenvalue weighted by molar-refractivity contribution is 0.1000. The fourth-order valence-electron chi connectivity index (χ4n) is 2.49. The van der Waals surface area contributed by atoms with Gasteiger partial charge in [-0.3, -0.25) is 4.79 Å². The van der Waals surface area contributed by atoms with E-state index in [0.29, 0.717) is 18.0 Å². The monoisotopic (exact) mass is 266 g/mol. The molecule has 0 bridgehead atoms. The van der Waals surface area contributed by atoms with Gasteiger partial charge in [-0.2, -0.15) is 0 Å². The Morgan fingerprint density at radius 3 is 2.84 bits per heavy atom. The minimum atomic E-state index is -0.627. The van der Waals surface area contributed by atoms with Crippen LogP contribution in [0.2, 0.25) is 0 Å². The molecule has 1 saturated carbocycles. The number of rotatable bonds is 5. The Labute approximate surface area is 111 Å². The summed E-state index contributed by atoms with van der Waals surface area (Å²) in [7, 11) is 0. The molecule has 0 heterocycles. The fraction of sp³-hybridized carbons (Fsp3) is 0.500. The Morgan fingerprint density at radius 2 is 2.26 bits per heavy atom. The first-order valence-corrected chi connectivity index (χ1v) is 6.53. The van der Waals surface area contributed by atoms with Gasteiger partial charge < -0.3 is 16.2 Å². The van der Waals surface area contributed by atoms with Crippen LogP contribution in [-0.4, -0.2) is 23.7 Å². The van der Waals surface area contributed by atoms with E-state index < -0.39 is 11.7 Å². The number of nitrogens with one attached hydrogen (secondary N) is 1. The Balaban J connectivity index is 1.84. The summed E-state index contributed by atoms with van der Waals surface area (Å²) in [6.45, 7) is 1.19. The fourth-order valence-corrected chi connectivity index (χ4v) is 2.49. The highest BCUT2D eigenvalue weighted by molar-refractivity contribution is 5.92. The minimum Gasteiger partial charge on any atom is -0.393 e. The molecular formula is C14H19FN2O2. The molecule has 0 saturated heterocycles. The van der Waals surface area contributed by atoms with Gasteiger partial charge in [0.1, 0.15) is 5.82 Å². The third kappa shape index (κ3) is 3.75. The molecule has 0 aromatic heterocycles. The van der Waals surface area contributed by atoms with Crippen LogP contribution in [-0.2, 0) is 6.54 Å². The van der Waals surface area contributed by atoms with Gasteiger partial charge in [-0.15, -0.1) is 0 Å². The van der Waals surface area contributed by atoms with Crippen LogP contribution >= 0.6 is 0 Å². The van der Waals surface area contributed by atoms with Crippen molar-refractivity contribution in [1.82, 2.24) is 5.32 Å². The van der Waals surface area contributed by atoms with Gasteiger partial charge in [0.25, 0.3) is 0 Å². The van der Waals surface area contributed by atoms with Crippen LogP contribution < -0.4 is 11.1 Å². The lowest BCUT2D eigenvalue weighted by atomic mass is 10.1. The van der Waals surface area contributed by atoms with Gasteiger partial charge in [-0.05, 0) is 43.9 Å². The highest BCUT2D eigenvalue weighted by Crippen LogP contribution is 2.24. The number of carbonyl (C=O) groups is 1. The first-order valence-electron chi connectivity index (χ1n) is 6.53. The normalized spacial score (nSPS) is 22.6. The highest BCUT2D eigenvalue weighted by atomic mass is 19.1. The number of nitrogens with two attached hydrogens (primary N) is 1. The maximum absolute atomic E-state index is 13.7. The summed E-state index contributed by atoms with van der Waals surface area (Å²) in [6, 6.07) is 4.27. The minimum absolute atomic E-state index is 0.181. The molecule has 4 N–H and O–H groups in total. The van der Waals surface area contributed by atoms with Crippen LogP contribution in [0.25, 0.3) is 0 Å². The van der Waals surface area contributed by atoms with E-state index in [1.54, 1.807) is 6.07 Å². The topological polar surface area (TPSA) is 75.4 Å². The molecule has 1 aliphatic carbocycles. The first kappa shape index (κ1) is 14.0. The summed E-state index contributed by atoms with van der Waals surface area (Å²) in [5, 5.41) is 12.6. The highest BCUT2D eigenvalue weighted by Gasteiger charge is 2.22. The number of amides is 1. The van der Waals surface area contributed by atoms with Crippen LogP contribution in [0.15, 0.2) is 18.2 Å². The molecule has 4 nitrogen and oxygen atoms in total. The maximum Gasteiger partial charge on any atom is 0.248 e. The summed E-state index contributed by atoms with van der Waals surface area (Å²) in [5.74, 6) is -0.587. The average Bonchev–Trinajstić information content (AvgIpc) is 2.77. The summed E-state index contributed by atoms with van der Waals surface area (Å²) in [5.41, 5.74) is 5.78. The second kappa shape index (κ2) is 6.12. The van der Waals surface area contributed by atoms with Crippen molar-refractivity contribution in [2.24, 2.45) is 11.7 Å². The molecule has 0 aliphatic heterocycles. The number of benzene rings is 1. The molecule has 19 heavy (non-hydrogen) atoms. The van der Waals surface area contributed by atoms with E-state index in [0.717, 1.165) is 25.8 Å². The molecule has 2 atom stereocenters. The van der Waals surface area contributed by atoms with E-state index >= 15 is 0 Å². The Morgan fingerprint density at radius 1 is 1.47 bits per heavy atom. The van der Waals surface area contributed by atoms with Gasteiger partial charge in [0, 0.05) is 17.7 Å². The molecule has 1 aliphatic rings. The smallest absolute Gasteiger partial charge is 0.248 e. The number of aliphatic hydroxyl groups excluding tert-OH is 1. The second-order valence-corrected chi connectivity index (χ2v) is 5.13. The van der Waals surface area contributed by atoms with Crippen molar-refractivity contribution in [3.8, 4) is 0 Å². The molecule has 0 radical (unpaired) electrons. The van der Waals surface area contributed by atoms with Crippen LogP contribution in [0.4, 0.5) is 4.39 Å². The van der Waals surface area contributed by atoms with Crippen molar-refractivity contribution < 1.29 is 14.3 Å². The molecule has 1 aromatic rings. The number of hydrogen-bond donors (Lipinski definition) is 3. The van der Waals surface area contributed by atoms with Crippen molar-refractivity contribution in [3.63, 3.8) is 0 Å².